The fourth-order valence-electron chi connectivity index (χ4n) is 1.11. The number of carbonyl (C=O) groups excluding carboxylic acids is 1. The van der Waals surface area contributed by atoms with Crippen LogP contribution in [0.4, 0.5) is 19.1 Å². The largest absolute Gasteiger partial charge is 0.433 e. The average molecular weight is 264 g/mol. The van der Waals surface area contributed by atoms with E-state index in [9.17, 15) is 22.8 Å². The number of hydrogen-bond donors (Lipinski definition) is 3. The lowest BCUT2D eigenvalue weighted by Crippen LogP contribution is -2.27. The zero-order valence-electron chi connectivity index (χ0n) is 9.39. The number of rotatable bonds is 4. The van der Waals surface area contributed by atoms with Crippen LogP contribution in [0, 0.1) is 0 Å². The van der Waals surface area contributed by atoms with Gasteiger partial charge in [-0.15, -0.1) is 0 Å². The van der Waals surface area contributed by atoms with Gasteiger partial charge in [0.25, 0.3) is 5.56 Å². The maximum atomic E-state index is 12.3. The van der Waals surface area contributed by atoms with Crippen LogP contribution < -0.4 is 16.2 Å². The normalized spacial score (nSPS) is 11.1. The third kappa shape index (κ3) is 4.44. The van der Waals surface area contributed by atoms with Gasteiger partial charge in [0.2, 0.25) is 11.9 Å². The fourth-order valence-corrected chi connectivity index (χ4v) is 1.11. The third-order valence-corrected chi connectivity index (χ3v) is 1.82. The summed E-state index contributed by atoms with van der Waals surface area (Å²) < 4.78 is 37.0. The van der Waals surface area contributed by atoms with Crippen molar-refractivity contribution >= 4 is 11.9 Å². The molecular weight excluding hydrogens is 253 g/mol. The van der Waals surface area contributed by atoms with Crippen LogP contribution in [0.3, 0.4) is 0 Å². The van der Waals surface area contributed by atoms with Crippen LogP contribution in [0.1, 0.15) is 12.6 Å². The molecule has 1 heterocycles. The standard InChI is InChI=1S/C9H11F3N4O2/c1-5(17)13-2-3-14-8-15-6(9(10,11)12)4-7(18)16-8/h4H,2-3H2,1H3,(H,13,17)(H2,14,15,16,18). The van der Waals surface area contributed by atoms with Crippen molar-refractivity contribution in [2.45, 2.75) is 13.1 Å². The lowest BCUT2D eigenvalue weighted by atomic mass is 10.4. The van der Waals surface area contributed by atoms with Crippen molar-refractivity contribution in [3.63, 3.8) is 0 Å². The highest BCUT2D eigenvalue weighted by atomic mass is 19.4. The highest BCUT2D eigenvalue weighted by Crippen LogP contribution is 2.26. The first-order chi connectivity index (χ1) is 8.29. The Labute approximate surface area is 99.6 Å². The minimum absolute atomic E-state index is 0.143. The average Bonchev–Trinajstić information content (AvgIpc) is 2.22. The van der Waals surface area contributed by atoms with Gasteiger partial charge in [-0.3, -0.25) is 14.6 Å². The highest BCUT2D eigenvalue weighted by molar-refractivity contribution is 5.72. The van der Waals surface area contributed by atoms with Gasteiger partial charge in [0.1, 0.15) is 0 Å². The SMILES string of the molecule is CC(=O)NCCNc1nc(C(F)(F)F)cc(=O)[nH]1. The smallest absolute Gasteiger partial charge is 0.355 e. The highest BCUT2D eigenvalue weighted by Gasteiger charge is 2.33. The second-order valence-corrected chi connectivity index (χ2v) is 3.39. The lowest BCUT2D eigenvalue weighted by molar-refractivity contribution is -0.141. The summed E-state index contributed by atoms with van der Waals surface area (Å²) in [5.41, 5.74) is -2.17. The van der Waals surface area contributed by atoms with E-state index in [4.69, 9.17) is 0 Å². The molecule has 1 aromatic heterocycles. The molecule has 3 N–H and O–H groups in total. The number of carbonyl (C=O) groups is 1. The Hall–Kier alpha value is -2.06. The van der Waals surface area contributed by atoms with E-state index in [1.165, 1.54) is 6.92 Å². The second kappa shape index (κ2) is 5.52. The Morgan fingerprint density at radius 3 is 2.67 bits per heavy atom. The summed E-state index contributed by atoms with van der Waals surface area (Å²) in [6.45, 7) is 1.66. The molecule has 1 rings (SSSR count). The number of aromatic nitrogens is 2. The van der Waals surface area contributed by atoms with Crippen molar-refractivity contribution in [3.05, 3.63) is 22.1 Å². The number of nitrogens with zero attached hydrogens (tertiary/aromatic N) is 1. The van der Waals surface area contributed by atoms with Crippen LogP contribution in [0.25, 0.3) is 0 Å². The van der Waals surface area contributed by atoms with Crippen molar-refractivity contribution < 1.29 is 18.0 Å². The van der Waals surface area contributed by atoms with E-state index in [-0.39, 0.29) is 24.9 Å². The zero-order valence-corrected chi connectivity index (χ0v) is 9.39. The van der Waals surface area contributed by atoms with Gasteiger partial charge in [-0.1, -0.05) is 0 Å². The molecule has 1 amide bonds. The first-order valence-corrected chi connectivity index (χ1v) is 4.96. The minimum Gasteiger partial charge on any atom is -0.355 e. The molecule has 0 atom stereocenters. The molecule has 0 bridgehead atoms. The summed E-state index contributed by atoms with van der Waals surface area (Å²) in [5, 5.41) is 4.90. The van der Waals surface area contributed by atoms with Gasteiger partial charge >= 0.3 is 6.18 Å². The van der Waals surface area contributed by atoms with E-state index in [0.29, 0.717) is 6.07 Å². The predicted octanol–water partition coefficient (Wildman–Crippen LogP) is 0.337. The monoisotopic (exact) mass is 264 g/mol. The van der Waals surface area contributed by atoms with Crippen LogP contribution in [0.5, 0.6) is 0 Å². The van der Waals surface area contributed by atoms with Crippen LogP contribution in [-0.4, -0.2) is 29.0 Å². The summed E-state index contributed by atoms with van der Waals surface area (Å²) in [5.74, 6) is -0.553. The Bertz CT molecular complexity index is 483. The Kier molecular flexibility index (Phi) is 4.29. The lowest BCUT2D eigenvalue weighted by Gasteiger charge is -2.09. The molecule has 0 fully saturated rings. The number of amides is 1. The van der Waals surface area contributed by atoms with Gasteiger partial charge in [0, 0.05) is 26.1 Å². The summed E-state index contributed by atoms with van der Waals surface area (Å²) in [6, 6.07) is 0.374. The molecule has 18 heavy (non-hydrogen) atoms. The number of halogens is 3. The Morgan fingerprint density at radius 1 is 1.44 bits per heavy atom. The molecule has 0 radical (unpaired) electrons. The summed E-state index contributed by atoms with van der Waals surface area (Å²) in [7, 11) is 0. The predicted molar refractivity (Wildman–Crippen MR) is 57.0 cm³/mol. The van der Waals surface area contributed by atoms with Crippen molar-refractivity contribution in [2.75, 3.05) is 18.4 Å². The second-order valence-electron chi connectivity index (χ2n) is 3.39. The van der Waals surface area contributed by atoms with Crippen LogP contribution in [0.2, 0.25) is 0 Å². The van der Waals surface area contributed by atoms with E-state index in [0.717, 1.165) is 0 Å². The first-order valence-electron chi connectivity index (χ1n) is 4.96. The zero-order chi connectivity index (χ0) is 13.8. The molecular formula is C9H11F3N4O2. The minimum atomic E-state index is -4.68. The van der Waals surface area contributed by atoms with Crippen molar-refractivity contribution in [3.8, 4) is 0 Å². The van der Waals surface area contributed by atoms with Crippen molar-refractivity contribution in [2.24, 2.45) is 0 Å². The molecule has 0 saturated heterocycles. The molecule has 0 unspecified atom stereocenters. The summed E-state index contributed by atoms with van der Waals surface area (Å²) in [4.78, 5) is 26.9. The number of hydrogen-bond acceptors (Lipinski definition) is 4. The number of aromatic amines is 1. The van der Waals surface area contributed by atoms with Crippen molar-refractivity contribution in [1.29, 1.82) is 0 Å². The molecule has 100 valence electrons. The van der Waals surface area contributed by atoms with Crippen LogP contribution >= 0.6 is 0 Å². The molecule has 1 aromatic rings. The van der Waals surface area contributed by atoms with Gasteiger partial charge in [-0.05, 0) is 0 Å². The number of nitrogens with one attached hydrogen (secondary N) is 3. The van der Waals surface area contributed by atoms with E-state index >= 15 is 0 Å². The molecule has 0 aliphatic rings. The molecule has 6 nitrogen and oxygen atoms in total. The molecule has 0 saturated carbocycles. The third-order valence-electron chi connectivity index (χ3n) is 1.82. The summed E-state index contributed by atoms with van der Waals surface area (Å²) in [6.07, 6.45) is -4.68. The van der Waals surface area contributed by atoms with Gasteiger partial charge in [-0.25, -0.2) is 4.98 Å². The summed E-state index contributed by atoms with van der Waals surface area (Å²) >= 11 is 0. The van der Waals surface area contributed by atoms with Crippen molar-refractivity contribution in [1.82, 2.24) is 15.3 Å². The van der Waals surface area contributed by atoms with E-state index in [1.54, 1.807) is 0 Å². The quantitative estimate of drug-likeness (QED) is 0.684. The van der Waals surface area contributed by atoms with Crippen LogP contribution in [-0.2, 0) is 11.0 Å². The Balaban J connectivity index is 2.69. The van der Waals surface area contributed by atoms with Gasteiger partial charge in [-0.2, -0.15) is 13.2 Å². The van der Waals surface area contributed by atoms with Gasteiger partial charge in [0.15, 0.2) is 5.69 Å². The molecule has 0 spiro atoms. The number of H-pyrrole nitrogens is 1. The maximum Gasteiger partial charge on any atom is 0.433 e. The molecule has 0 aliphatic carbocycles. The topological polar surface area (TPSA) is 86.9 Å². The first kappa shape index (κ1) is 14.0. The van der Waals surface area contributed by atoms with E-state index in [2.05, 4.69) is 20.6 Å². The molecule has 0 aromatic carbocycles. The van der Waals surface area contributed by atoms with Gasteiger partial charge < -0.3 is 10.6 Å². The Morgan fingerprint density at radius 2 is 2.11 bits per heavy atom. The maximum absolute atomic E-state index is 12.3. The van der Waals surface area contributed by atoms with Gasteiger partial charge in [0.05, 0.1) is 0 Å². The number of anilines is 1. The van der Waals surface area contributed by atoms with Crippen LogP contribution in [0.15, 0.2) is 10.9 Å². The van der Waals surface area contributed by atoms with E-state index in [1.807, 2.05) is 0 Å². The number of alkyl halides is 3. The molecule has 0 aliphatic heterocycles. The molecule has 9 heteroatoms. The fraction of sp³-hybridized carbons (Fsp3) is 0.444. The van der Waals surface area contributed by atoms with E-state index < -0.39 is 17.4 Å².